The minimum atomic E-state index is 0. The van der Waals surface area contributed by atoms with Crippen molar-refractivity contribution in [3.05, 3.63) is 16.5 Å². The minimum absolute atomic E-state index is 0. The van der Waals surface area contributed by atoms with Crippen molar-refractivity contribution >= 4 is 23.7 Å². The number of halogens is 1. The van der Waals surface area contributed by atoms with Gasteiger partial charge in [-0.05, 0) is 14.0 Å². The lowest BCUT2D eigenvalue weighted by Crippen LogP contribution is -2.44. The van der Waals surface area contributed by atoms with Gasteiger partial charge in [0.1, 0.15) is 4.88 Å². The minimum Gasteiger partial charge on any atom is -0.333 e. The van der Waals surface area contributed by atoms with Gasteiger partial charge in [0.05, 0.1) is 16.7 Å². The second-order valence-corrected chi connectivity index (χ2v) is 7.84. The molecule has 2 aromatic rings. The summed E-state index contributed by atoms with van der Waals surface area (Å²) in [4.78, 5) is 12.5. The number of aryl methyl sites for hydroxylation is 1. The van der Waals surface area contributed by atoms with E-state index in [-0.39, 0.29) is 23.9 Å². The number of aromatic nitrogens is 3. The van der Waals surface area contributed by atoms with Crippen molar-refractivity contribution in [2.75, 3.05) is 26.7 Å². The first-order valence-electron chi connectivity index (χ1n) is 7.59. The van der Waals surface area contributed by atoms with Gasteiger partial charge in [-0.2, -0.15) is 4.98 Å². The van der Waals surface area contributed by atoms with E-state index in [1.54, 1.807) is 11.3 Å². The first kappa shape index (κ1) is 18.3. The molecular weight excluding hydrogens is 334 g/mol. The molecule has 8 heteroatoms. The van der Waals surface area contributed by atoms with Crippen molar-refractivity contribution in [3.8, 4) is 10.8 Å². The van der Waals surface area contributed by atoms with Crippen LogP contribution in [0.5, 0.6) is 0 Å². The Kier molecular flexibility index (Phi) is 5.45. The molecule has 3 rings (SSSR count). The standard InChI is InChI=1S/C15H23N5OS.ClH/c1-9-11(22-14(17-9)15(2,3)4)13-18-12(19-21-13)10-8-16-6-7-20(10)5;/h10,16H,6-8H2,1-5H3;1H. The third kappa shape index (κ3) is 3.74. The third-order valence-corrected chi connectivity index (χ3v) is 5.45. The van der Waals surface area contributed by atoms with Gasteiger partial charge in [-0.15, -0.1) is 23.7 Å². The van der Waals surface area contributed by atoms with Crippen LogP contribution in [0.25, 0.3) is 10.8 Å². The van der Waals surface area contributed by atoms with Crippen molar-refractivity contribution in [2.24, 2.45) is 0 Å². The zero-order valence-electron chi connectivity index (χ0n) is 14.2. The summed E-state index contributed by atoms with van der Waals surface area (Å²) < 4.78 is 5.51. The largest absolute Gasteiger partial charge is 0.333 e. The fourth-order valence-electron chi connectivity index (χ4n) is 2.47. The highest BCUT2D eigenvalue weighted by Gasteiger charge is 2.27. The molecule has 1 aliphatic heterocycles. The summed E-state index contributed by atoms with van der Waals surface area (Å²) in [5, 5.41) is 8.66. The molecule has 1 atom stereocenters. The Balaban J connectivity index is 0.00000192. The molecule has 0 aliphatic carbocycles. The van der Waals surface area contributed by atoms with Gasteiger partial charge >= 0.3 is 0 Å². The van der Waals surface area contributed by atoms with Crippen molar-refractivity contribution in [3.63, 3.8) is 0 Å². The Morgan fingerprint density at radius 2 is 2.04 bits per heavy atom. The Morgan fingerprint density at radius 1 is 1.30 bits per heavy atom. The van der Waals surface area contributed by atoms with E-state index in [0.29, 0.717) is 5.89 Å². The topological polar surface area (TPSA) is 67.1 Å². The molecule has 0 bridgehead atoms. The molecule has 2 aromatic heterocycles. The van der Waals surface area contributed by atoms with Crippen LogP contribution in [-0.2, 0) is 5.41 Å². The zero-order valence-corrected chi connectivity index (χ0v) is 15.8. The van der Waals surface area contributed by atoms with Gasteiger partial charge in [-0.1, -0.05) is 25.9 Å². The van der Waals surface area contributed by atoms with Crippen LogP contribution in [0, 0.1) is 6.92 Å². The molecule has 0 aromatic carbocycles. The van der Waals surface area contributed by atoms with Crippen LogP contribution in [0.3, 0.4) is 0 Å². The Bertz CT molecular complexity index is 663. The first-order valence-corrected chi connectivity index (χ1v) is 8.41. The molecule has 1 aliphatic rings. The van der Waals surface area contributed by atoms with Gasteiger partial charge in [0, 0.05) is 25.0 Å². The van der Waals surface area contributed by atoms with Gasteiger partial charge in [0.2, 0.25) is 0 Å². The number of nitrogens with zero attached hydrogens (tertiary/aromatic N) is 4. The van der Waals surface area contributed by atoms with Gasteiger partial charge in [0.15, 0.2) is 5.82 Å². The van der Waals surface area contributed by atoms with E-state index in [0.717, 1.165) is 41.0 Å². The quantitative estimate of drug-likeness (QED) is 0.891. The van der Waals surface area contributed by atoms with Crippen molar-refractivity contribution in [1.82, 2.24) is 25.3 Å². The second kappa shape index (κ2) is 6.84. The van der Waals surface area contributed by atoms with Crippen LogP contribution < -0.4 is 5.32 Å². The van der Waals surface area contributed by atoms with E-state index in [4.69, 9.17) is 4.52 Å². The molecule has 6 nitrogen and oxygen atoms in total. The second-order valence-electron chi connectivity index (χ2n) is 6.84. The predicted octanol–water partition coefficient (Wildman–Crippen LogP) is 2.80. The predicted molar refractivity (Wildman–Crippen MR) is 94.3 cm³/mol. The number of hydrogen-bond acceptors (Lipinski definition) is 7. The van der Waals surface area contributed by atoms with E-state index in [1.807, 2.05) is 6.92 Å². The summed E-state index contributed by atoms with van der Waals surface area (Å²) in [7, 11) is 2.09. The molecule has 1 saturated heterocycles. The molecule has 0 saturated carbocycles. The summed E-state index contributed by atoms with van der Waals surface area (Å²) in [6.07, 6.45) is 0. The molecule has 3 heterocycles. The maximum atomic E-state index is 5.51. The molecule has 128 valence electrons. The summed E-state index contributed by atoms with van der Waals surface area (Å²) in [5.41, 5.74) is 0.990. The van der Waals surface area contributed by atoms with Crippen molar-refractivity contribution in [1.29, 1.82) is 0 Å². The number of likely N-dealkylation sites (N-methyl/N-ethyl adjacent to an activating group) is 1. The molecule has 0 spiro atoms. The Morgan fingerprint density at radius 3 is 2.65 bits per heavy atom. The average molecular weight is 358 g/mol. The zero-order chi connectivity index (χ0) is 15.9. The Hall–Kier alpha value is -1.02. The summed E-state index contributed by atoms with van der Waals surface area (Å²) >= 11 is 1.64. The van der Waals surface area contributed by atoms with Crippen LogP contribution in [0.15, 0.2) is 4.52 Å². The summed E-state index contributed by atoms with van der Waals surface area (Å²) in [6, 6.07) is 0.168. The van der Waals surface area contributed by atoms with Crippen molar-refractivity contribution < 1.29 is 4.52 Å². The van der Waals surface area contributed by atoms with Crippen LogP contribution in [0.2, 0.25) is 0 Å². The average Bonchev–Trinajstić information content (AvgIpc) is 3.05. The first-order chi connectivity index (χ1) is 10.4. The van der Waals surface area contributed by atoms with Crippen molar-refractivity contribution in [2.45, 2.75) is 39.2 Å². The normalized spacial score (nSPS) is 19.6. The van der Waals surface area contributed by atoms with E-state index >= 15 is 0 Å². The van der Waals surface area contributed by atoms with E-state index in [1.165, 1.54) is 0 Å². The van der Waals surface area contributed by atoms with Gasteiger partial charge in [-0.3, -0.25) is 4.90 Å². The molecule has 1 fully saturated rings. The maximum absolute atomic E-state index is 5.51. The fourth-order valence-corrected chi connectivity index (χ4v) is 3.52. The van der Waals surface area contributed by atoms with E-state index in [9.17, 15) is 0 Å². The SMILES string of the molecule is Cc1nc(C(C)(C)C)sc1-c1nc(C2CNCCN2C)no1.Cl. The molecule has 1 unspecified atom stereocenters. The molecular formula is C15H24ClN5OS. The highest BCUT2D eigenvalue weighted by molar-refractivity contribution is 7.15. The molecule has 0 radical (unpaired) electrons. The van der Waals surface area contributed by atoms with Crippen LogP contribution >= 0.6 is 23.7 Å². The maximum Gasteiger partial charge on any atom is 0.269 e. The number of thiazole rings is 1. The lowest BCUT2D eigenvalue weighted by atomic mass is 9.98. The lowest BCUT2D eigenvalue weighted by Gasteiger charge is -2.30. The number of rotatable bonds is 2. The number of piperazine rings is 1. The molecule has 1 N–H and O–H groups in total. The highest BCUT2D eigenvalue weighted by atomic mass is 35.5. The monoisotopic (exact) mass is 357 g/mol. The Labute approximate surface area is 147 Å². The third-order valence-electron chi connectivity index (χ3n) is 3.88. The fraction of sp³-hybridized carbons (Fsp3) is 0.667. The number of nitrogens with one attached hydrogen (secondary N) is 1. The van der Waals surface area contributed by atoms with Crippen LogP contribution in [0.1, 0.15) is 43.3 Å². The van der Waals surface area contributed by atoms with Crippen LogP contribution in [-0.4, -0.2) is 46.7 Å². The molecule has 23 heavy (non-hydrogen) atoms. The summed E-state index contributed by atoms with van der Waals surface area (Å²) in [6.45, 7) is 11.3. The number of hydrogen-bond donors (Lipinski definition) is 1. The van der Waals surface area contributed by atoms with Crippen LogP contribution in [0.4, 0.5) is 0 Å². The van der Waals surface area contributed by atoms with Gasteiger partial charge in [0.25, 0.3) is 5.89 Å². The lowest BCUT2D eigenvalue weighted by molar-refractivity contribution is 0.190. The molecule has 0 amide bonds. The smallest absolute Gasteiger partial charge is 0.269 e. The van der Waals surface area contributed by atoms with E-state index < -0.39 is 0 Å². The van der Waals surface area contributed by atoms with E-state index in [2.05, 4.69) is 53.2 Å². The van der Waals surface area contributed by atoms with Gasteiger partial charge < -0.3 is 9.84 Å². The summed E-state index contributed by atoms with van der Waals surface area (Å²) in [5.74, 6) is 1.33. The van der Waals surface area contributed by atoms with Gasteiger partial charge in [-0.25, -0.2) is 4.98 Å². The highest BCUT2D eigenvalue weighted by Crippen LogP contribution is 2.35.